The summed E-state index contributed by atoms with van der Waals surface area (Å²) in [4.78, 5) is 33.0. The number of methoxy groups -OCH3 is 1. The van der Waals surface area contributed by atoms with Gasteiger partial charge in [-0.15, -0.1) is 11.3 Å². The molecular formula is C36H31N3O4S. The van der Waals surface area contributed by atoms with Crippen LogP contribution in [-0.2, 0) is 11.3 Å². The number of hydrogen-bond acceptors (Lipinski definition) is 5. The molecule has 220 valence electrons. The molecule has 0 radical (unpaired) electrons. The number of hydrogen-bond donors (Lipinski definition) is 1. The molecule has 3 aromatic heterocycles. The first-order chi connectivity index (χ1) is 21.4. The highest BCUT2D eigenvalue weighted by Gasteiger charge is 2.29. The molecule has 0 spiro atoms. The minimum atomic E-state index is -0.972. The molecule has 7 nitrogen and oxygen atoms in total. The van der Waals surface area contributed by atoms with Gasteiger partial charge in [0.1, 0.15) is 17.2 Å². The predicted octanol–water partition coefficient (Wildman–Crippen LogP) is 7.97. The number of nitrogens with zero attached hydrogens (tertiary/aromatic N) is 3. The number of ether oxygens (including phenoxy) is 1. The maximum Gasteiger partial charge on any atom is 0.345 e. The molecule has 1 aliphatic heterocycles. The lowest BCUT2D eigenvalue weighted by atomic mass is 9.99. The molecule has 8 heteroatoms. The molecule has 1 saturated heterocycles. The summed E-state index contributed by atoms with van der Waals surface area (Å²) < 4.78 is 8.44. The van der Waals surface area contributed by atoms with Gasteiger partial charge in [0.15, 0.2) is 0 Å². The van der Waals surface area contributed by atoms with E-state index in [-0.39, 0.29) is 23.4 Å². The third kappa shape index (κ3) is 4.81. The molecule has 1 amide bonds. The van der Waals surface area contributed by atoms with Crippen molar-refractivity contribution in [2.45, 2.75) is 32.4 Å². The van der Waals surface area contributed by atoms with Gasteiger partial charge in [0.05, 0.1) is 34.2 Å². The second kappa shape index (κ2) is 11.3. The summed E-state index contributed by atoms with van der Waals surface area (Å²) in [7, 11) is 1.66. The van der Waals surface area contributed by atoms with Crippen LogP contribution >= 0.6 is 11.3 Å². The average molecular weight is 602 g/mol. The Morgan fingerprint density at radius 3 is 2.52 bits per heavy atom. The van der Waals surface area contributed by atoms with E-state index in [1.54, 1.807) is 13.2 Å². The molecule has 6 aromatic rings. The Labute approximate surface area is 259 Å². The molecule has 3 aromatic carbocycles. The number of carboxylic acids is 1. The predicted molar refractivity (Wildman–Crippen MR) is 175 cm³/mol. The number of benzene rings is 3. The van der Waals surface area contributed by atoms with E-state index in [1.165, 1.54) is 11.3 Å². The normalized spacial score (nSPS) is 14.9. The van der Waals surface area contributed by atoms with Crippen molar-refractivity contribution in [1.29, 1.82) is 0 Å². The van der Waals surface area contributed by atoms with Gasteiger partial charge < -0.3 is 19.3 Å². The number of thiophene rings is 1. The van der Waals surface area contributed by atoms with Crippen molar-refractivity contribution in [1.82, 2.24) is 14.5 Å². The lowest BCUT2D eigenvalue weighted by molar-refractivity contribution is -0.132. The van der Waals surface area contributed by atoms with Crippen molar-refractivity contribution in [3.8, 4) is 39.4 Å². The Morgan fingerprint density at radius 2 is 1.77 bits per heavy atom. The topological polar surface area (TPSA) is 84.7 Å². The number of amides is 1. The van der Waals surface area contributed by atoms with E-state index in [1.807, 2.05) is 82.3 Å². The van der Waals surface area contributed by atoms with Gasteiger partial charge in [0.25, 0.3) is 0 Å². The highest BCUT2D eigenvalue weighted by Crippen LogP contribution is 2.45. The van der Waals surface area contributed by atoms with Crippen molar-refractivity contribution >= 4 is 44.3 Å². The average Bonchev–Trinajstić information content (AvgIpc) is 3.75. The van der Waals surface area contributed by atoms with Crippen LogP contribution in [0.15, 0.2) is 91.0 Å². The molecule has 4 heterocycles. The van der Waals surface area contributed by atoms with Crippen molar-refractivity contribution in [3.05, 3.63) is 95.9 Å². The van der Waals surface area contributed by atoms with Gasteiger partial charge >= 0.3 is 5.97 Å². The van der Waals surface area contributed by atoms with Crippen LogP contribution in [-0.4, -0.2) is 51.1 Å². The number of aromatic nitrogens is 2. The molecule has 0 aliphatic carbocycles. The number of carbonyl (C=O) groups is 2. The molecular weight excluding hydrogens is 570 g/mol. The minimum Gasteiger partial charge on any atom is -0.496 e. The molecule has 1 fully saturated rings. The Balaban J connectivity index is 1.42. The number of likely N-dealkylation sites (tertiary alicyclic amines) is 1. The van der Waals surface area contributed by atoms with Crippen LogP contribution in [0.3, 0.4) is 0 Å². The second-order valence-electron chi connectivity index (χ2n) is 11.2. The molecule has 44 heavy (non-hydrogen) atoms. The highest BCUT2D eigenvalue weighted by molar-refractivity contribution is 7.21. The number of carbonyl (C=O) groups excluding carboxylic acids is 1. The van der Waals surface area contributed by atoms with Gasteiger partial charge in [-0.25, -0.2) is 9.78 Å². The molecule has 0 bridgehead atoms. The first-order valence-corrected chi connectivity index (χ1v) is 15.5. The van der Waals surface area contributed by atoms with Gasteiger partial charge in [0, 0.05) is 29.1 Å². The lowest BCUT2D eigenvalue weighted by Gasteiger charge is -2.23. The van der Waals surface area contributed by atoms with Crippen LogP contribution in [0.25, 0.3) is 54.8 Å². The summed E-state index contributed by atoms with van der Waals surface area (Å²) in [5.41, 5.74) is 7.07. The second-order valence-corrected chi connectivity index (χ2v) is 12.2. The van der Waals surface area contributed by atoms with Crippen LogP contribution in [0, 0.1) is 0 Å². The number of aromatic carboxylic acids is 1. The standard InChI is InChI=1S/C36H31N3O4S/c1-22-9-8-18-38(22)32(40)21-39-29-20-31(36(41)42)44-35(29)33(23-10-4-3-5-11-23)34(39)25-15-16-27-24(19-25)14-17-28(37-27)26-12-6-7-13-30(26)43-2/h3-7,10-17,19-20,22H,8-9,18,21H2,1-2H3,(H,41,42). The summed E-state index contributed by atoms with van der Waals surface area (Å²) in [6.07, 6.45) is 1.98. The maximum absolute atomic E-state index is 13.7. The quantitative estimate of drug-likeness (QED) is 0.201. The summed E-state index contributed by atoms with van der Waals surface area (Å²) in [5, 5.41) is 10.9. The van der Waals surface area contributed by atoms with Crippen molar-refractivity contribution < 1.29 is 19.4 Å². The van der Waals surface area contributed by atoms with Crippen LogP contribution in [0.2, 0.25) is 0 Å². The number of para-hydroxylation sites is 1. The van der Waals surface area contributed by atoms with Crippen LogP contribution < -0.4 is 4.74 Å². The fourth-order valence-corrected chi connectivity index (χ4v) is 7.44. The van der Waals surface area contributed by atoms with Gasteiger partial charge in [-0.2, -0.15) is 0 Å². The van der Waals surface area contributed by atoms with Crippen molar-refractivity contribution in [2.24, 2.45) is 0 Å². The van der Waals surface area contributed by atoms with Crippen LogP contribution in [0.1, 0.15) is 29.4 Å². The van der Waals surface area contributed by atoms with Crippen molar-refractivity contribution in [3.63, 3.8) is 0 Å². The van der Waals surface area contributed by atoms with E-state index in [0.717, 1.165) is 79.9 Å². The molecule has 1 N–H and O–H groups in total. The Hall–Kier alpha value is -4.95. The maximum atomic E-state index is 13.7. The monoisotopic (exact) mass is 601 g/mol. The van der Waals surface area contributed by atoms with E-state index < -0.39 is 5.97 Å². The number of rotatable bonds is 7. The van der Waals surface area contributed by atoms with E-state index in [0.29, 0.717) is 0 Å². The van der Waals surface area contributed by atoms with E-state index in [9.17, 15) is 14.7 Å². The Kier molecular flexibility index (Phi) is 7.14. The third-order valence-electron chi connectivity index (χ3n) is 8.52. The summed E-state index contributed by atoms with van der Waals surface area (Å²) >= 11 is 1.25. The third-order valence-corrected chi connectivity index (χ3v) is 9.65. The van der Waals surface area contributed by atoms with E-state index >= 15 is 0 Å². The number of fused-ring (bicyclic) bond motifs is 2. The smallest absolute Gasteiger partial charge is 0.345 e. The van der Waals surface area contributed by atoms with Gasteiger partial charge in [-0.05, 0) is 67.3 Å². The molecule has 1 atom stereocenters. The van der Waals surface area contributed by atoms with E-state index in [2.05, 4.69) is 19.1 Å². The lowest BCUT2D eigenvalue weighted by Crippen LogP contribution is -2.36. The fourth-order valence-electron chi connectivity index (χ4n) is 6.38. The minimum absolute atomic E-state index is 0.0414. The zero-order valence-corrected chi connectivity index (χ0v) is 25.3. The summed E-state index contributed by atoms with van der Waals surface area (Å²) in [6.45, 7) is 2.96. The van der Waals surface area contributed by atoms with Gasteiger partial charge in [-0.1, -0.05) is 54.6 Å². The molecule has 1 aliphatic rings. The van der Waals surface area contributed by atoms with Crippen LogP contribution in [0.4, 0.5) is 0 Å². The number of pyridine rings is 1. The van der Waals surface area contributed by atoms with E-state index in [4.69, 9.17) is 9.72 Å². The first-order valence-electron chi connectivity index (χ1n) is 14.7. The molecule has 0 saturated carbocycles. The Morgan fingerprint density at radius 1 is 0.977 bits per heavy atom. The zero-order valence-electron chi connectivity index (χ0n) is 24.5. The SMILES string of the molecule is COc1ccccc1-c1ccc2cc(-c3c(-c4ccccc4)c4sc(C(=O)O)cc4n3CC(=O)N3CCCC3C)ccc2n1. The van der Waals surface area contributed by atoms with Gasteiger partial charge in [-0.3, -0.25) is 4.79 Å². The molecule has 7 rings (SSSR count). The van der Waals surface area contributed by atoms with Crippen molar-refractivity contribution in [2.75, 3.05) is 13.7 Å². The zero-order chi connectivity index (χ0) is 30.4. The highest BCUT2D eigenvalue weighted by atomic mass is 32.1. The summed E-state index contributed by atoms with van der Waals surface area (Å²) in [5.74, 6) is -0.167. The largest absolute Gasteiger partial charge is 0.496 e. The fraction of sp³-hybridized carbons (Fsp3) is 0.194. The molecule has 1 unspecified atom stereocenters. The van der Waals surface area contributed by atoms with Crippen LogP contribution in [0.5, 0.6) is 5.75 Å². The first kappa shape index (κ1) is 27.9. The summed E-state index contributed by atoms with van der Waals surface area (Å²) in [6, 6.07) is 30.0. The number of carboxylic acid groups (broad SMARTS) is 1. The Bertz CT molecular complexity index is 2050. The van der Waals surface area contributed by atoms with Gasteiger partial charge in [0.2, 0.25) is 5.91 Å².